The number of alkyl halides is 5. The van der Waals surface area contributed by atoms with Gasteiger partial charge in [0.25, 0.3) is 0 Å². The zero-order chi connectivity index (χ0) is 16.8. The molecule has 4 nitrogen and oxygen atoms in total. The van der Waals surface area contributed by atoms with E-state index in [2.05, 4.69) is 14.2 Å². The van der Waals surface area contributed by atoms with Gasteiger partial charge in [-0.1, -0.05) is 6.07 Å². The summed E-state index contributed by atoms with van der Waals surface area (Å²) in [6.45, 7) is -1.56. The van der Waals surface area contributed by atoms with Gasteiger partial charge in [-0.25, -0.2) is 0 Å². The van der Waals surface area contributed by atoms with Crippen molar-refractivity contribution in [2.24, 2.45) is 0 Å². The first-order valence-corrected chi connectivity index (χ1v) is 6.21. The predicted molar refractivity (Wildman–Crippen MR) is 64.7 cm³/mol. The smallest absolute Gasteiger partial charge is 0.466 e. The minimum atomic E-state index is -5.00. The van der Waals surface area contributed by atoms with Crippen molar-refractivity contribution in [2.45, 2.75) is 32.7 Å². The Morgan fingerprint density at radius 1 is 1.23 bits per heavy atom. The van der Waals surface area contributed by atoms with E-state index < -0.39 is 30.4 Å². The third kappa shape index (κ3) is 6.15. The summed E-state index contributed by atoms with van der Waals surface area (Å²) >= 11 is 0. The molecule has 1 aromatic carbocycles. The first kappa shape index (κ1) is 18.0. The van der Waals surface area contributed by atoms with E-state index in [0.717, 1.165) is 18.2 Å². The number of carbonyl (C=O) groups is 1. The molecule has 0 heterocycles. The topological polar surface area (TPSA) is 44.8 Å². The van der Waals surface area contributed by atoms with Gasteiger partial charge in [-0.2, -0.15) is 8.78 Å². The summed E-state index contributed by atoms with van der Waals surface area (Å²) in [4.78, 5) is 11.3. The average molecular weight is 328 g/mol. The predicted octanol–water partition coefficient (Wildman–Crippen LogP) is 3.68. The van der Waals surface area contributed by atoms with Crippen LogP contribution in [0.5, 0.6) is 11.5 Å². The summed E-state index contributed by atoms with van der Waals surface area (Å²) in [5.74, 6) is -1.86. The van der Waals surface area contributed by atoms with Crippen LogP contribution in [0.25, 0.3) is 0 Å². The summed E-state index contributed by atoms with van der Waals surface area (Å²) in [5, 5.41) is 0. The van der Waals surface area contributed by atoms with Crippen molar-refractivity contribution in [1.82, 2.24) is 0 Å². The molecule has 0 bridgehead atoms. The molecule has 0 radical (unpaired) electrons. The first-order chi connectivity index (χ1) is 10.2. The van der Waals surface area contributed by atoms with Gasteiger partial charge in [0, 0.05) is 12.0 Å². The van der Waals surface area contributed by atoms with Crippen LogP contribution in [0.2, 0.25) is 0 Å². The Morgan fingerprint density at radius 2 is 1.86 bits per heavy atom. The summed E-state index contributed by atoms with van der Waals surface area (Å²) in [6, 6.07) is 3.09. The number of rotatable bonds is 7. The van der Waals surface area contributed by atoms with Gasteiger partial charge in [-0.3, -0.25) is 4.79 Å². The van der Waals surface area contributed by atoms with Crippen molar-refractivity contribution < 1.29 is 41.0 Å². The van der Waals surface area contributed by atoms with Crippen LogP contribution in [-0.4, -0.2) is 25.6 Å². The molecule has 9 heteroatoms. The minimum absolute atomic E-state index is 0.0971. The lowest BCUT2D eigenvalue weighted by Crippen LogP contribution is -2.19. The van der Waals surface area contributed by atoms with E-state index in [9.17, 15) is 26.7 Å². The number of esters is 1. The van der Waals surface area contributed by atoms with Crippen LogP contribution in [0.1, 0.15) is 18.9 Å². The lowest BCUT2D eigenvalue weighted by molar-refractivity contribution is -0.274. The van der Waals surface area contributed by atoms with Crippen molar-refractivity contribution in [3.63, 3.8) is 0 Å². The molecule has 0 aliphatic rings. The van der Waals surface area contributed by atoms with Gasteiger partial charge in [-0.15, -0.1) is 13.2 Å². The number of carbonyl (C=O) groups excluding carboxylic acids is 1. The summed E-state index contributed by atoms with van der Waals surface area (Å²) in [5.41, 5.74) is -0.284. The van der Waals surface area contributed by atoms with Gasteiger partial charge in [-0.05, 0) is 25.5 Å². The van der Waals surface area contributed by atoms with Crippen molar-refractivity contribution in [3.05, 3.63) is 23.8 Å². The van der Waals surface area contributed by atoms with Crippen LogP contribution in [-0.2, 0) is 16.0 Å². The molecular formula is C13H13F5O4. The molecular weight excluding hydrogens is 315 g/mol. The Morgan fingerprint density at radius 3 is 2.41 bits per heavy atom. The van der Waals surface area contributed by atoms with E-state index >= 15 is 0 Å². The first-order valence-electron chi connectivity index (χ1n) is 6.21. The van der Waals surface area contributed by atoms with Gasteiger partial charge >= 0.3 is 18.9 Å². The summed E-state index contributed by atoms with van der Waals surface area (Å²) < 4.78 is 74.2. The molecule has 0 aliphatic carbocycles. The van der Waals surface area contributed by atoms with E-state index in [1.54, 1.807) is 6.92 Å². The maximum Gasteiger partial charge on any atom is 0.573 e. The minimum Gasteiger partial charge on any atom is -0.466 e. The third-order valence-corrected chi connectivity index (χ3v) is 2.42. The van der Waals surface area contributed by atoms with Crippen LogP contribution >= 0.6 is 0 Å². The molecule has 0 aliphatic heterocycles. The number of hydrogen-bond acceptors (Lipinski definition) is 4. The molecule has 22 heavy (non-hydrogen) atoms. The van der Waals surface area contributed by atoms with E-state index in [0.29, 0.717) is 0 Å². The highest BCUT2D eigenvalue weighted by molar-refractivity contribution is 5.70. The van der Waals surface area contributed by atoms with Crippen LogP contribution < -0.4 is 9.47 Å². The largest absolute Gasteiger partial charge is 0.573 e. The molecule has 1 aromatic rings. The number of halogens is 5. The Balaban J connectivity index is 3.02. The second-order valence-corrected chi connectivity index (χ2v) is 3.96. The lowest BCUT2D eigenvalue weighted by Gasteiger charge is -2.16. The Kier molecular flexibility index (Phi) is 6.39. The molecule has 0 aromatic heterocycles. The zero-order valence-corrected chi connectivity index (χ0v) is 11.5. The number of ether oxygens (including phenoxy) is 3. The van der Waals surface area contributed by atoms with Gasteiger partial charge < -0.3 is 14.2 Å². The van der Waals surface area contributed by atoms with Crippen LogP contribution in [0.4, 0.5) is 22.0 Å². The van der Waals surface area contributed by atoms with E-state index in [4.69, 9.17) is 0 Å². The van der Waals surface area contributed by atoms with Crippen LogP contribution in [0, 0.1) is 0 Å². The van der Waals surface area contributed by atoms with Gasteiger partial charge in [0.2, 0.25) is 0 Å². The second kappa shape index (κ2) is 7.81. The fraction of sp³-hybridized carbons (Fsp3) is 0.462. The van der Waals surface area contributed by atoms with Crippen molar-refractivity contribution in [2.75, 3.05) is 6.61 Å². The fourth-order valence-corrected chi connectivity index (χ4v) is 1.68. The Labute approximate surface area is 122 Å². The molecule has 0 unspecified atom stereocenters. The van der Waals surface area contributed by atoms with Gasteiger partial charge in [0.15, 0.2) is 0 Å². The molecule has 0 atom stereocenters. The number of hydrogen-bond donors (Lipinski definition) is 0. The van der Waals surface area contributed by atoms with Crippen LogP contribution in [0.3, 0.4) is 0 Å². The van der Waals surface area contributed by atoms with E-state index in [1.165, 1.54) is 0 Å². The van der Waals surface area contributed by atoms with Gasteiger partial charge in [0.1, 0.15) is 11.5 Å². The van der Waals surface area contributed by atoms with E-state index in [1.807, 2.05) is 0 Å². The van der Waals surface area contributed by atoms with Crippen molar-refractivity contribution in [1.29, 1.82) is 0 Å². The average Bonchev–Trinajstić information content (AvgIpc) is 2.35. The standard InChI is InChI=1S/C13H13F5O4/c1-2-20-11(19)7-6-8-9(21-12(14)15)4-3-5-10(8)22-13(16,17)18/h3-5,12H,2,6-7H2,1H3. The fourth-order valence-electron chi connectivity index (χ4n) is 1.68. The quantitative estimate of drug-likeness (QED) is 0.566. The lowest BCUT2D eigenvalue weighted by atomic mass is 10.1. The highest BCUT2D eigenvalue weighted by Gasteiger charge is 2.33. The normalized spacial score (nSPS) is 11.4. The van der Waals surface area contributed by atoms with Crippen molar-refractivity contribution >= 4 is 5.97 Å². The molecule has 124 valence electrons. The highest BCUT2D eigenvalue weighted by atomic mass is 19.4. The molecule has 0 spiro atoms. The Bertz CT molecular complexity index is 502. The number of benzene rings is 1. The second-order valence-electron chi connectivity index (χ2n) is 3.96. The summed E-state index contributed by atoms with van der Waals surface area (Å²) in [6.07, 6.45) is -5.60. The zero-order valence-electron chi connectivity index (χ0n) is 11.5. The molecule has 0 fully saturated rings. The maximum atomic E-state index is 12.3. The maximum absolute atomic E-state index is 12.3. The Hall–Kier alpha value is -2.06. The highest BCUT2D eigenvalue weighted by Crippen LogP contribution is 2.34. The summed E-state index contributed by atoms with van der Waals surface area (Å²) in [7, 11) is 0. The molecule has 0 N–H and O–H groups in total. The van der Waals surface area contributed by atoms with E-state index in [-0.39, 0.29) is 25.0 Å². The SMILES string of the molecule is CCOC(=O)CCc1c(OC(F)F)cccc1OC(F)(F)F. The molecule has 0 saturated heterocycles. The van der Waals surface area contributed by atoms with Crippen LogP contribution in [0.15, 0.2) is 18.2 Å². The van der Waals surface area contributed by atoms with Gasteiger partial charge in [0.05, 0.1) is 6.61 Å². The molecule has 1 rings (SSSR count). The van der Waals surface area contributed by atoms with Crippen molar-refractivity contribution in [3.8, 4) is 11.5 Å². The monoisotopic (exact) mass is 328 g/mol. The third-order valence-electron chi connectivity index (χ3n) is 2.42. The molecule has 0 amide bonds. The molecule has 0 saturated carbocycles.